The molecule has 1 heterocycles. The van der Waals surface area contributed by atoms with E-state index in [4.69, 9.17) is 4.74 Å². The molecule has 1 aliphatic heterocycles. The van der Waals surface area contributed by atoms with E-state index < -0.39 is 0 Å². The number of aliphatic imine (C=N–C) groups is 1. The van der Waals surface area contributed by atoms with Crippen LogP contribution in [0.15, 0.2) is 59.6 Å². The number of methoxy groups -OCH3 is 1. The van der Waals surface area contributed by atoms with Gasteiger partial charge in [0, 0.05) is 44.7 Å². The zero-order valence-corrected chi connectivity index (χ0v) is 21.6. The third kappa shape index (κ3) is 7.68. The number of benzene rings is 2. The van der Waals surface area contributed by atoms with E-state index in [1.54, 1.807) is 7.11 Å². The number of piperidine rings is 1. The van der Waals surface area contributed by atoms with Gasteiger partial charge in [-0.3, -0.25) is 9.89 Å². The topological polar surface area (TPSA) is 48.9 Å². The summed E-state index contributed by atoms with van der Waals surface area (Å²) in [4.78, 5) is 6.99. The summed E-state index contributed by atoms with van der Waals surface area (Å²) in [5, 5.41) is 7.15. The highest BCUT2D eigenvalue weighted by Crippen LogP contribution is 2.24. The van der Waals surface area contributed by atoms with E-state index in [0.717, 1.165) is 50.7 Å². The molecule has 0 radical (unpaired) electrons. The Morgan fingerprint density at radius 3 is 2.29 bits per heavy atom. The summed E-state index contributed by atoms with van der Waals surface area (Å²) in [7, 11) is 3.55. The first-order valence-corrected chi connectivity index (χ1v) is 10.9. The van der Waals surface area contributed by atoms with Crippen molar-refractivity contribution in [1.82, 2.24) is 15.5 Å². The van der Waals surface area contributed by atoms with E-state index in [-0.39, 0.29) is 29.4 Å². The molecule has 0 aromatic heterocycles. The van der Waals surface area contributed by atoms with E-state index in [2.05, 4.69) is 76.8 Å². The zero-order chi connectivity index (χ0) is 21.4. The lowest BCUT2D eigenvalue weighted by Crippen LogP contribution is -2.50. The molecule has 2 N–H and O–H groups in total. The molecule has 2 aromatic carbocycles. The van der Waals surface area contributed by atoms with Crippen molar-refractivity contribution in [3.63, 3.8) is 0 Å². The summed E-state index contributed by atoms with van der Waals surface area (Å²) < 4.78 is 5.27. The minimum atomic E-state index is -0.0110. The fourth-order valence-corrected chi connectivity index (χ4v) is 3.91. The summed E-state index contributed by atoms with van der Waals surface area (Å²) in [5.41, 5.74) is 2.66. The number of hydrogen-bond acceptors (Lipinski definition) is 3. The normalized spacial score (nSPS) is 15.8. The largest absolute Gasteiger partial charge is 0.497 e. The van der Waals surface area contributed by atoms with Crippen molar-refractivity contribution >= 4 is 29.9 Å². The fraction of sp³-hybridized carbons (Fsp3) is 0.480. The molecular formula is C25H37IN4O. The number of likely N-dealkylation sites (tertiary alicyclic amines) is 1. The number of ether oxygens (including phenoxy) is 1. The Hall–Kier alpha value is -1.80. The second-order valence-corrected chi connectivity index (χ2v) is 8.72. The molecular weight excluding hydrogens is 499 g/mol. The van der Waals surface area contributed by atoms with Gasteiger partial charge in [-0.1, -0.05) is 56.3 Å². The lowest BCUT2D eigenvalue weighted by molar-refractivity contribution is 0.198. The van der Waals surface area contributed by atoms with Crippen molar-refractivity contribution in [3.05, 3.63) is 65.7 Å². The first-order chi connectivity index (χ1) is 14.5. The Morgan fingerprint density at radius 2 is 1.71 bits per heavy atom. The molecule has 0 amide bonds. The third-order valence-corrected chi connectivity index (χ3v) is 5.97. The molecule has 5 nitrogen and oxygen atoms in total. The molecule has 2 aromatic rings. The van der Waals surface area contributed by atoms with Gasteiger partial charge in [0.2, 0.25) is 0 Å². The van der Waals surface area contributed by atoms with Crippen LogP contribution >= 0.6 is 24.0 Å². The minimum Gasteiger partial charge on any atom is -0.497 e. The molecule has 0 saturated carbocycles. The summed E-state index contributed by atoms with van der Waals surface area (Å²) in [6.07, 6.45) is 2.27. The zero-order valence-electron chi connectivity index (χ0n) is 19.2. The van der Waals surface area contributed by atoms with Crippen LogP contribution < -0.4 is 15.4 Å². The highest BCUT2D eigenvalue weighted by molar-refractivity contribution is 14.0. The van der Waals surface area contributed by atoms with Crippen LogP contribution in [0.1, 0.15) is 37.8 Å². The molecule has 1 aliphatic rings. The highest BCUT2D eigenvalue weighted by atomic mass is 127. The Labute approximate surface area is 204 Å². The Bertz CT molecular complexity index is 800. The standard InChI is InChI=1S/C25H36N4O.HI/c1-25(2,21-10-12-23(30-4)13-11-21)19-27-24(26-3)28-22-14-16-29(17-15-22)18-20-8-6-5-7-9-20;/h5-13,22H,14-19H2,1-4H3,(H2,26,27,28);1H. The van der Waals surface area contributed by atoms with Gasteiger partial charge in [0.15, 0.2) is 5.96 Å². The second-order valence-electron chi connectivity index (χ2n) is 8.72. The Morgan fingerprint density at radius 1 is 1.06 bits per heavy atom. The van der Waals surface area contributed by atoms with Crippen LogP contribution in [0, 0.1) is 0 Å². The van der Waals surface area contributed by atoms with Crippen molar-refractivity contribution in [2.24, 2.45) is 4.99 Å². The van der Waals surface area contributed by atoms with Gasteiger partial charge in [-0.15, -0.1) is 24.0 Å². The van der Waals surface area contributed by atoms with Crippen molar-refractivity contribution in [2.75, 3.05) is 33.8 Å². The molecule has 0 spiro atoms. The van der Waals surface area contributed by atoms with E-state index in [1.807, 2.05) is 19.2 Å². The monoisotopic (exact) mass is 536 g/mol. The SMILES string of the molecule is CN=C(NCC(C)(C)c1ccc(OC)cc1)NC1CCN(Cc2ccccc2)CC1.I. The minimum absolute atomic E-state index is 0. The fourth-order valence-electron chi connectivity index (χ4n) is 3.91. The predicted molar refractivity (Wildman–Crippen MR) is 141 cm³/mol. The van der Waals surface area contributed by atoms with Crippen molar-refractivity contribution in [1.29, 1.82) is 0 Å². The van der Waals surface area contributed by atoms with Gasteiger partial charge in [0.25, 0.3) is 0 Å². The lowest BCUT2D eigenvalue weighted by Gasteiger charge is -2.34. The van der Waals surface area contributed by atoms with Crippen molar-refractivity contribution < 1.29 is 4.74 Å². The second kappa shape index (κ2) is 12.3. The number of rotatable bonds is 7. The van der Waals surface area contributed by atoms with Crippen LogP contribution in [0.5, 0.6) is 5.75 Å². The van der Waals surface area contributed by atoms with Crippen LogP contribution in [0.4, 0.5) is 0 Å². The average molecular weight is 537 g/mol. The summed E-state index contributed by atoms with van der Waals surface area (Å²) in [5.74, 6) is 1.77. The molecule has 1 saturated heterocycles. The maximum atomic E-state index is 5.27. The summed E-state index contributed by atoms with van der Waals surface area (Å²) in [6, 6.07) is 19.5. The summed E-state index contributed by atoms with van der Waals surface area (Å²) in [6.45, 7) is 8.57. The van der Waals surface area contributed by atoms with Gasteiger partial charge >= 0.3 is 0 Å². The highest BCUT2D eigenvalue weighted by Gasteiger charge is 2.23. The number of guanidine groups is 1. The van der Waals surface area contributed by atoms with Crippen LogP contribution in [-0.2, 0) is 12.0 Å². The van der Waals surface area contributed by atoms with E-state index in [0.29, 0.717) is 6.04 Å². The first kappa shape index (κ1) is 25.5. The van der Waals surface area contributed by atoms with Gasteiger partial charge in [-0.2, -0.15) is 0 Å². The number of hydrogen-bond donors (Lipinski definition) is 2. The van der Waals surface area contributed by atoms with Gasteiger partial charge < -0.3 is 15.4 Å². The maximum absolute atomic E-state index is 5.27. The smallest absolute Gasteiger partial charge is 0.191 e. The molecule has 0 atom stereocenters. The van der Waals surface area contributed by atoms with E-state index in [1.165, 1.54) is 11.1 Å². The van der Waals surface area contributed by atoms with Gasteiger partial charge in [-0.25, -0.2) is 0 Å². The quantitative estimate of drug-likeness (QED) is 0.313. The van der Waals surface area contributed by atoms with E-state index >= 15 is 0 Å². The van der Waals surface area contributed by atoms with Crippen molar-refractivity contribution in [3.8, 4) is 5.75 Å². The Kier molecular flexibility index (Phi) is 10.1. The van der Waals surface area contributed by atoms with Crippen LogP contribution in [-0.4, -0.2) is 50.7 Å². The molecule has 31 heavy (non-hydrogen) atoms. The molecule has 0 bridgehead atoms. The van der Waals surface area contributed by atoms with Crippen LogP contribution in [0.3, 0.4) is 0 Å². The van der Waals surface area contributed by atoms with E-state index in [9.17, 15) is 0 Å². The first-order valence-electron chi connectivity index (χ1n) is 10.9. The van der Waals surface area contributed by atoms with Crippen LogP contribution in [0.25, 0.3) is 0 Å². The molecule has 170 valence electrons. The van der Waals surface area contributed by atoms with Gasteiger partial charge in [-0.05, 0) is 36.1 Å². The van der Waals surface area contributed by atoms with Gasteiger partial charge in [0.05, 0.1) is 7.11 Å². The summed E-state index contributed by atoms with van der Waals surface area (Å²) >= 11 is 0. The maximum Gasteiger partial charge on any atom is 0.191 e. The van der Waals surface area contributed by atoms with Crippen LogP contribution in [0.2, 0.25) is 0 Å². The molecule has 6 heteroatoms. The molecule has 0 unspecified atom stereocenters. The molecule has 1 fully saturated rings. The van der Waals surface area contributed by atoms with Crippen molar-refractivity contribution in [2.45, 2.75) is 44.7 Å². The predicted octanol–water partition coefficient (Wildman–Crippen LogP) is 4.42. The average Bonchev–Trinajstić information content (AvgIpc) is 2.78. The third-order valence-electron chi connectivity index (χ3n) is 5.97. The number of nitrogens with one attached hydrogen (secondary N) is 2. The van der Waals surface area contributed by atoms with Gasteiger partial charge in [0.1, 0.15) is 5.75 Å². The molecule has 3 rings (SSSR count). The molecule has 0 aliphatic carbocycles. The Balaban J connectivity index is 0.00000341. The number of nitrogens with zero attached hydrogens (tertiary/aromatic N) is 2. The lowest BCUT2D eigenvalue weighted by atomic mass is 9.84. The number of halogens is 1.